The summed E-state index contributed by atoms with van der Waals surface area (Å²) in [6, 6.07) is 8.75. The minimum absolute atomic E-state index is 0.199. The molecule has 2 N–H and O–H groups in total. The molecule has 1 aliphatic carbocycles. The van der Waals surface area contributed by atoms with Gasteiger partial charge in [-0.05, 0) is 37.1 Å². The van der Waals surface area contributed by atoms with Crippen LogP contribution in [0.15, 0.2) is 24.3 Å². The molecule has 1 saturated heterocycles. The summed E-state index contributed by atoms with van der Waals surface area (Å²) >= 11 is 0. The summed E-state index contributed by atoms with van der Waals surface area (Å²) in [5, 5.41) is 5.59. The quantitative estimate of drug-likeness (QED) is 0.777. The maximum atomic E-state index is 11.7. The third kappa shape index (κ3) is 5.09. The highest BCUT2D eigenvalue weighted by molar-refractivity contribution is 5.89. The number of carbonyl (C=O) groups is 1. The van der Waals surface area contributed by atoms with Crippen LogP contribution in [-0.2, 0) is 4.74 Å². The van der Waals surface area contributed by atoms with Crippen LogP contribution in [0.5, 0.6) is 0 Å². The van der Waals surface area contributed by atoms with E-state index in [1.165, 1.54) is 31.4 Å². The van der Waals surface area contributed by atoms with Gasteiger partial charge in [-0.2, -0.15) is 0 Å². The Balaban J connectivity index is 1.45. The summed E-state index contributed by atoms with van der Waals surface area (Å²) in [5.74, 6) is 0. The molecule has 0 unspecified atom stereocenters. The second kappa shape index (κ2) is 9.06. The number of urea groups is 1. The number of piperazine rings is 1. The number of methoxy groups -OCH3 is 1. The molecule has 2 aliphatic rings. The lowest BCUT2D eigenvalue weighted by molar-refractivity contribution is 0.187. The van der Waals surface area contributed by atoms with E-state index >= 15 is 0 Å². The summed E-state index contributed by atoms with van der Waals surface area (Å²) in [4.78, 5) is 16.9. The molecular formula is C19H30N4O2. The molecule has 138 valence electrons. The highest BCUT2D eigenvalue weighted by atomic mass is 16.5. The molecule has 3 rings (SSSR count). The summed E-state index contributed by atoms with van der Waals surface area (Å²) in [5.41, 5.74) is 2.04. The van der Waals surface area contributed by atoms with Crippen molar-refractivity contribution in [3.05, 3.63) is 24.3 Å². The second-order valence-electron chi connectivity index (χ2n) is 6.88. The summed E-state index contributed by atoms with van der Waals surface area (Å²) in [6.45, 7) is 5.51. The minimum atomic E-state index is -0.199. The van der Waals surface area contributed by atoms with Gasteiger partial charge < -0.3 is 20.3 Å². The first kappa shape index (κ1) is 18.0. The third-order valence-corrected chi connectivity index (χ3v) is 5.24. The smallest absolute Gasteiger partial charge is 0.319 e. The van der Waals surface area contributed by atoms with E-state index in [4.69, 9.17) is 4.74 Å². The van der Waals surface area contributed by atoms with E-state index in [9.17, 15) is 4.79 Å². The van der Waals surface area contributed by atoms with E-state index in [1.54, 1.807) is 7.11 Å². The Bertz CT molecular complexity index is 535. The lowest BCUT2D eigenvalue weighted by atomic mass is 10.1. The molecule has 1 saturated carbocycles. The Kier molecular flexibility index (Phi) is 6.53. The number of hydrogen-bond acceptors (Lipinski definition) is 4. The number of nitrogens with zero attached hydrogens (tertiary/aromatic N) is 2. The topological polar surface area (TPSA) is 56.8 Å². The van der Waals surface area contributed by atoms with E-state index in [1.807, 2.05) is 12.1 Å². The number of hydrogen-bond donors (Lipinski definition) is 2. The number of anilines is 2. The van der Waals surface area contributed by atoms with Crippen molar-refractivity contribution in [2.45, 2.75) is 31.7 Å². The molecule has 0 aromatic heterocycles. The van der Waals surface area contributed by atoms with Gasteiger partial charge in [-0.3, -0.25) is 4.90 Å². The summed E-state index contributed by atoms with van der Waals surface area (Å²) in [6.07, 6.45) is 5.57. The van der Waals surface area contributed by atoms with Gasteiger partial charge in [0.1, 0.15) is 0 Å². The number of amides is 2. The Hall–Kier alpha value is -1.79. The molecule has 6 nitrogen and oxygen atoms in total. The number of nitrogens with one attached hydrogen (secondary N) is 2. The predicted molar refractivity (Wildman–Crippen MR) is 101 cm³/mol. The van der Waals surface area contributed by atoms with Gasteiger partial charge in [0.15, 0.2) is 0 Å². The van der Waals surface area contributed by atoms with Gasteiger partial charge in [0.05, 0.1) is 6.61 Å². The highest BCUT2D eigenvalue weighted by Crippen LogP contribution is 2.26. The maximum absolute atomic E-state index is 11.7. The lowest BCUT2D eigenvalue weighted by Gasteiger charge is -2.39. The molecule has 0 radical (unpaired) electrons. The Morgan fingerprint density at radius 2 is 1.80 bits per heavy atom. The lowest BCUT2D eigenvalue weighted by Crippen LogP contribution is -2.49. The molecule has 0 bridgehead atoms. The van der Waals surface area contributed by atoms with Gasteiger partial charge in [-0.15, -0.1) is 0 Å². The summed E-state index contributed by atoms with van der Waals surface area (Å²) in [7, 11) is 1.62. The molecule has 1 aromatic rings. The van der Waals surface area contributed by atoms with Crippen LogP contribution in [0.3, 0.4) is 0 Å². The van der Waals surface area contributed by atoms with Crippen LogP contribution in [-0.4, -0.2) is 63.4 Å². The Morgan fingerprint density at radius 1 is 1.12 bits per heavy atom. The molecule has 25 heavy (non-hydrogen) atoms. The van der Waals surface area contributed by atoms with Crippen LogP contribution >= 0.6 is 0 Å². The first-order valence-electron chi connectivity index (χ1n) is 9.39. The van der Waals surface area contributed by atoms with Crippen LogP contribution in [0.4, 0.5) is 16.2 Å². The molecule has 0 atom stereocenters. The van der Waals surface area contributed by atoms with Crippen molar-refractivity contribution in [2.24, 2.45) is 0 Å². The molecule has 6 heteroatoms. The Labute approximate surface area is 150 Å². The minimum Gasteiger partial charge on any atom is -0.383 e. The Morgan fingerprint density at radius 3 is 2.44 bits per heavy atom. The highest BCUT2D eigenvalue weighted by Gasteiger charge is 2.26. The molecule has 1 aromatic carbocycles. The third-order valence-electron chi connectivity index (χ3n) is 5.24. The van der Waals surface area contributed by atoms with Crippen LogP contribution in [0.2, 0.25) is 0 Å². The van der Waals surface area contributed by atoms with Crippen molar-refractivity contribution < 1.29 is 9.53 Å². The van der Waals surface area contributed by atoms with Gasteiger partial charge in [0.25, 0.3) is 0 Å². The normalized spacial score (nSPS) is 19.2. The number of ether oxygens (including phenoxy) is 1. The second-order valence-corrected chi connectivity index (χ2v) is 6.88. The van der Waals surface area contributed by atoms with Crippen molar-refractivity contribution >= 4 is 17.4 Å². The molecule has 2 amide bonds. The van der Waals surface area contributed by atoms with Crippen molar-refractivity contribution in [1.29, 1.82) is 0 Å². The van der Waals surface area contributed by atoms with Crippen LogP contribution in [0.1, 0.15) is 25.7 Å². The zero-order valence-corrected chi connectivity index (χ0v) is 15.2. The van der Waals surface area contributed by atoms with Gasteiger partial charge in [0.2, 0.25) is 0 Å². The largest absolute Gasteiger partial charge is 0.383 e. The fourth-order valence-electron chi connectivity index (χ4n) is 3.81. The molecule has 2 fully saturated rings. The van der Waals surface area contributed by atoms with Crippen molar-refractivity contribution in [3.63, 3.8) is 0 Å². The molecule has 0 spiro atoms. The van der Waals surface area contributed by atoms with E-state index in [0.29, 0.717) is 13.2 Å². The van der Waals surface area contributed by atoms with Crippen LogP contribution in [0.25, 0.3) is 0 Å². The van der Waals surface area contributed by atoms with Gasteiger partial charge >= 0.3 is 6.03 Å². The zero-order chi connectivity index (χ0) is 17.5. The zero-order valence-electron chi connectivity index (χ0n) is 15.2. The first-order chi connectivity index (χ1) is 12.3. The SMILES string of the molecule is COCCNC(=O)Nc1ccc(N2CCN(C3CCCC3)CC2)cc1. The van der Waals surface area contributed by atoms with E-state index in [2.05, 4.69) is 32.6 Å². The standard InChI is InChI=1S/C19H30N4O2/c1-25-15-10-20-19(24)21-16-6-8-18(9-7-16)23-13-11-22(12-14-23)17-4-2-3-5-17/h6-9,17H,2-5,10-15H2,1H3,(H2,20,21,24). The molecular weight excluding hydrogens is 316 g/mol. The fraction of sp³-hybridized carbons (Fsp3) is 0.632. The van der Waals surface area contributed by atoms with E-state index in [-0.39, 0.29) is 6.03 Å². The summed E-state index contributed by atoms with van der Waals surface area (Å²) < 4.78 is 4.91. The number of carbonyl (C=O) groups excluding carboxylic acids is 1. The van der Waals surface area contributed by atoms with Crippen molar-refractivity contribution in [1.82, 2.24) is 10.2 Å². The van der Waals surface area contributed by atoms with Gasteiger partial charge in [-0.25, -0.2) is 4.79 Å². The van der Waals surface area contributed by atoms with E-state index < -0.39 is 0 Å². The number of benzene rings is 1. The van der Waals surface area contributed by atoms with Gasteiger partial charge in [-0.1, -0.05) is 12.8 Å². The van der Waals surface area contributed by atoms with E-state index in [0.717, 1.165) is 37.9 Å². The van der Waals surface area contributed by atoms with Crippen LogP contribution in [0, 0.1) is 0 Å². The fourth-order valence-corrected chi connectivity index (χ4v) is 3.81. The van der Waals surface area contributed by atoms with Gasteiger partial charge in [0, 0.05) is 57.3 Å². The maximum Gasteiger partial charge on any atom is 0.319 e. The number of rotatable bonds is 6. The van der Waals surface area contributed by atoms with Crippen LogP contribution < -0.4 is 15.5 Å². The van der Waals surface area contributed by atoms with Crippen molar-refractivity contribution in [3.8, 4) is 0 Å². The molecule has 1 heterocycles. The van der Waals surface area contributed by atoms with Crippen molar-refractivity contribution in [2.75, 3.05) is 56.7 Å². The first-order valence-corrected chi connectivity index (χ1v) is 9.39. The average Bonchev–Trinajstić information content (AvgIpc) is 3.17. The predicted octanol–water partition coefficient (Wildman–Crippen LogP) is 2.52. The monoisotopic (exact) mass is 346 g/mol. The average molecular weight is 346 g/mol. The molecule has 1 aliphatic heterocycles.